The zero-order valence-corrected chi connectivity index (χ0v) is 15.2. The summed E-state index contributed by atoms with van der Waals surface area (Å²) in [4.78, 5) is 22.9. The van der Waals surface area contributed by atoms with Crippen molar-refractivity contribution >= 4 is 6.09 Å². The number of nitrogens with zero attached hydrogens (tertiary/aromatic N) is 4. The number of piperidine rings is 1. The number of amides is 1. The molecule has 0 saturated carbocycles. The molecule has 7 heteroatoms. The molecule has 0 N–H and O–H groups in total. The Morgan fingerprint density at radius 3 is 2.84 bits per heavy atom. The summed E-state index contributed by atoms with van der Waals surface area (Å²) in [5.41, 5.74) is 1.09. The van der Waals surface area contributed by atoms with Crippen molar-refractivity contribution in [3.63, 3.8) is 0 Å². The molecule has 25 heavy (non-hydrogen) atoms. The van der Waals surface area contributed by atoms with E-state index in [0.717, 1.165) is 18.5 Å². The van der Waals surface area contributed by atoms with E-state index in [4.69, 9.17) is 9.26 Å². The van der Waals surface area contributed by atoms with Gasteiger partial charge in [-0.05, 0) is 52.7 Å². The highest BCUT2D eigenvalue weighted by Crippen LogP contribution is 2.28. The minimum Gasteiger partial charge on any atom is -0.444 e. The Morgan fingerprint density at radius 1 is 1.32 bits per heavy atom. The van der Waals surface area contributed by atoms with E-state index in [2.05, 4.69) is 15.1 Å². The Bertz CT molecular complexity index is 751. The molecule has 0 aromatic carbocycles. The van der Waals surface area contributed by atoms with Crippen LogP contribution in [-0.2, 0) is 4.74 Å². The Kier molecular flexibility index (Phi) is 4.74. The minimum absolute atomic E-state index is 0.0207. The molecule has 1 aliphatic rings. The average molecular weight is 344 g/mol. The number of hydrogen-bond donors (Lipinski definition) is 0. The molecule has 0 aliphatic carbocycles. The number of pyridine rings is 1. The van der Waals surface area contributed by atoms with Crippen molar-refractivity contribution in [1.29, 1.82) is 0 Å². The standard InChI is InChI=1S/C18H24N4O3/c1-12-7-5-9-14(19-12)15-20-16(25-21-15)13-8-6-10-22(11-13)17(23)24-18(2,3)4/h5,7,9,13H,6,8,10-11H2,1-4H3/t13-/m0/s1. The van der Waals surface area contributed by atoms with E-state index in [9.17, 15) is 4.79 Å². The van der Waals surface area contributed by atoms with Crippen molar-refractivity contribution in [2.24, 2.45) is 0 Å². The molecule has 0 spiro atoms. The summed E-state index contributed by atoms with van der Waals surface area (Å²) in [6, 6.07) is 5.69. The zero-order chi connectivity index (χ0) is 18.0. The van der Waals surface area contributed by atoms with Crippen LogP contribution >= 0.6 is 0 Å². The van der Waals surface area contributed by atoms with Gasteiger partial charge in [0.2, 0.25) is 11.7 Å². The third kappa shape index (κ3) is 4.35. The van der Waals surface area contributed by atoms with Gasteiger partial charge in [-0.25, -0.2) is 9.78 Å². The van der Waals surface area contributed by atoms with Gasteiger partial charge in [-0.3, -0.25) is 0 Å². The van der Waals surface area contributed by atoms with Gasteiger partial charge in [0.1, 0.15) is 11.3 Å². The SMILES string of the molecule is Cc1cccc(-c2noc([C@H]3CCCN(C(=O)OC(C)(C)C)C3)n2)n1. The molecule has 2 aromatic heterocycles. The van der Waals surface area contributed by atoms with Crippen LogP contribution in [0.3, 0.4) is 0 Å². The number of carbonyl (C=O) groups is 1. The third-order valence-electron chi connectivity index (χ3n) is 3.98. The van der Waals surface area contributed by atoms with Crippen LogP contribution in [0.1, 0.15) is 51.1 Å². The monoisotopic (exact) mass is 344 g/mol. The van der Waals surface area contributed by atoms with Gasteiger partial charge in [0, 0.05) is 18.8 Å². The first-order valence-electron chi connectivity index (χ1n) is 8.57. The maximum atomic E-state index is 12.3. The van der Waals surface area contributed by atoms with Gasteiger partial charge in [0.25, 0.3) is 0 Å². The van der Waals surface area contributed by atoms with Gasteiger partial charge in [-0.15, -0.1) is 0 Å². The fraction of sp³-hybridized carbons (Fsp3) is 0.556. The normalized spacial score (nSPS) is 18.2. The van der Waals surface area contributed by atoms with Crippen LogP contribution in [-0.4, -0.2) is 44.8 Å². The van der Waals surface area contributed by atoms with Crippen LogP contribution in [0.2, 0.25) is 0 Å². The first kappa shape index (κ1) is 17.4. The van der Waals surface area contributed by atoms with E-state index in [1.165, 1.54) is 0 Å². The number of rotatable bonds is 2. The van der Waals surface area contributed by atoms with Crippen molar-refractivity contribution in [2.45, 2.75) is 52.1 Å². The highest BCUT2D eigenvalue weighted by Gasteiger charge is 2.31. The molecule has 0 radical (unpaired) electrons. The van der Waals surface area contributed by atoms with Crippen LogP contribution in [0.15, 0.2) is 22.7 Å². The fourth-order valence-electron chi connectivity index (χ4n) is 2.84. The fourth-order valence-corrected chi connectivity index (χ4v) is 2.84. The molecule has 1 fully saturated rings. The predicted molar refractivity (Wildman–Crippen MR) is 92.0 cm³/mol. The van der Waals surface area contributed by atoms with Crippen LogP contribution in [0, 0.1) is 6.92 Å². The summed E-state index contributed by atoms with van der Waals surface area (Å²) >= 11 is 0. The molecule has 3 heterocycles. The molecule has 1 amide bonds. The molecule has 1 atom stereocenters. The molecule has 2 aromatic rings. The number of likely N-dealkylation sites (tertiary alicyclic amines) is 1. The molecule has 7 nitrogen and oxygen atoms in total. The quantitative estimate of drug-likeness (QED) is 0.828. The van der Waals surface area contributed by atoms with Gasteiger partial charge in [-0.2, -0.15) is 4.98 Å². The summed E-state index contributed by atoms with van der Waals surface area (Å²) in [5.74, 6) is 1.05. The van der Waals surface area contributed by atoms with Crippen LogP contribution in [0.4, 0.5) is 4.79 Å². The van der Waals surface area contributed by atoms with E-state index < -0.39 is 5.60 Å². The van der Waals surface area contributed by atoms with Crippen molar-refractivity contribution < 1.29 is 14.1 Å². The highest BCUT2D eigenvalue weighted by atomic mass is 16.6. The second-order valence-corrected chi connectivity index (χ2v) is 7.39. The molecule has 0 bridgehead atoms. The molecule has 1 saturated heterocycles. The molecule has 0 unspecified atom stereocenters. The lowest BCUT2D eigenvalue weighted by Crippen LogP contribution is -2.42. The zero-order valence-electron chi connectivity index (χ0n) is 15.2. The second kappa shape index (κ2) is 6.82. The number of carbonyl (C=O) groups excluding carboxylic acids is 1. The van der Waals surface area contributed by atoms with Gasteiger partial charge >= 0.3 is 6.09 Å². The van der Waals surface area contributed by atoms with Gasteiger partial charge < -0.3 is 14.2 Å². The summed E-state index contributed by atoms with van der Waals surface area (Å²) < 4.78 is 10.9. The number of aromatic nitrogens is 3. The topological polar surface area (TPSA) is 81.4 Å². The maximum absolute atomic E-state index is 12.3. The first-order valence-corrected chi connectivity index (χ1v) is 8.57. The van der Waals surface area contributed by atoms with Gasteiger partial charge in [0.05, 0.1) is 5.92 Å². The average Bonchev–Trinajstić information content (AvgIpc) is 3.03. The van der Waals surface area contributed by atoms with Crippen molar-refractivity contribution in [3.8, 4) is 11.5 Å². The summed E-state index contributed by atoms with van der Waals surface area (Å²) in [7, 11) is 0. The number of hydrogen-bond acceptors (Lipinski definition) is 6. The molecular formula is C18H24N4O3. The highest BCUT2D eigenvalue weighted by molar-refractivity contribution is 5.68. The number of ether oxygens (including phenoxy) is 1. The van der Waals surface area contributed by atoms with E-state index in [1.54, 1.807) is 4.90 Å². The van der Waals surface area contributed by atoms with E-state index in [0.29, 0.717) is 30.5 Å². The Labute approximate surface area is 147 Å². The van der Waals surface area contributed by atoms with Gasteiger partial charge in [-0.1, -0.05) is 11.2 Å². The van der Waals surface area contributed by atoms with Crippen molar-refractivity contribution in [1.82, 2.24) is 20.0 Å². The lowest BCUT2D eigenvalue weighted by atomic mass is 9.98. The summed E-state index contributed by atoms with van der Waals surface area (Å²) in [6.45, 7) is 8.73. The summed E-state index contributed by atoms with van der Waals surface area (Å²) in [5, 5.41) is 4.05. The maximum Gasteiger partial charge on any atom is 0.410 e. The Hall–Kier alpha value is -2.44. The smallest absolute Gasteiger partial charge is 0.410 e. The molecule has 3 rings (SSSR count). The lowest BCUT2D eigenvalue weighted by Gasteiger charge is -2.32. The van der Waals surface area contributed by atoms with E-state index in [-0.39, 0.29) is 12.0 Å². The molecular weight excluding hydrogens is 320 g/mol. The third-order valence-corrected chi connectivity index (χ3v) is 3.98. The largest absolute Gasteiger partial charge is 0.444 e. The Balaban J connectivity index is 1.71. The molecule has 134 valence electrons. The Morgan fingerprint density at radius 2 is 2.12 bits per heavy atom. The van der Waals surface area contributed by atoms with Crippen molar-refractivity contribution in [3.05, 3.63) is 29.8 Å². The van der Waals surface area contributed by atoms with Crippen LogP contribution in [0.25, 0.3) is 11.5 Å². The van der Waals surface area contributed by atoms with Crippen LogP contribution in [0.5, 0.6) is 0 Å². The lowest BCUT2D eigenvalue weighted by molar-refractivity contribution is 0.0189. The second-order valence-electron chi connectivity index (χ2n) is 7.39. The van der Waals surface area contributed by atoms with E-state index >= 15 is 0 Å². The molecule has 1 aliphatic heterocycles. The van der Waals surface area contributed by atoms with Crippen LogP contribution < -0.4 is 0 Å². The predicted octanol–water partition coefficient (Wildman–Crippen LogP) is 3.55. The minimum atomic E-state index is -0.501. The van der Waals surface area contributed by atoms with Gasteiger partial charge in [0.15, 0.2) is 0 Å². The van der Waals surface area contributed by atoms with Crippen molar-refractivity contribution in [2.75, 3.05) is 13.1 Å². The van der Waals surface area contributed by atoms with E-state index in [1.807, 2.05) is 45.9 Å². The summed E-state index contributed by atoms with van der Waals surface area (Å²) in [6.07, 6.45) is 1.49. The first-order chi connectivity index (χ1) is 11.8. The number of aryl methyl sites for hydroxylation is 1.